The predicted molar refractivity (Wildman–Crippen MR) is 88.0 cm³/mol. The molecule has 3 rings (SSSR count). The van der Waals surface area contributed by atoms with Gasteiger partial charge < -0.3 is 33.9 Å². The molecule has 0 amide bonds. The number of rotatable bonds is 7. The number of fused-ring (bicyclic) bond motifs is 1. The van der Waals surface area contributed by atoms with Crippen LogP contribution in [0, 0.1) is 0 Å². The molecule has 25 heavy (non-hydrogen) atoms. The van der Waals surface area contributed by atoms with Gasteiger partial charge >= 0.3 is 0 Å². The molecule has 2 aliphatic rings. The van der Waals surface area contributed by atoms with Gasteiger partial charge in [0, 0.05) is 0 Å². The molecule has 1 aromatic carbocycles. The van der Waals surface area contributed by atoms with Crippen molar-refractivity contribution in [3.8, 4) is 5.75 Å². The van der Waals surface area contributed by atoms with Crippen LogP contribution in [0.1, 0.15) is 26.3 Å². The number of ether oxygens (including phenoxy) is 5. The number of aliphatic hydroxyl groups excluding tert-OH is 2. The SMILES string of the molecule is CCOc1ccc(CO[C@@H]2[C@H]([C@H](O)CO)O[C@H]3OC(C)(C)O[C@@H]32)cc1. The Balaban J connectivity index is 1.66. The molecule has 7 nitrogen and oxygen atoms in total. The molecule has 0 unspecified atom stereocenters. The maximum absolute atomic E-state index is 10.0. The van der Waals surface area contributed by atoms with Crippen molar-refractivity contribution in [3.05, 3.63) is 29.8 Å². The van der Waals surface area contributed by atoms with E-state index in [2.05, 4.69) is 0 Å². The van der Waals surface area contributed by atoms with Crippen molar-refractivity contribution < 1.29 is 33.9 Å². The van der Waals surface area contributed by atoms with Crippen LogP contribution >= 0.6 is 0 Å². The van der Waals surface area contributed by atoms with Crippen LogP contribution < -0.4 is 4.74 Å². The van der Waals surface area contributed by atoms with Crippen molar-refractivity contribution >= 4 is 0 Å². The van der Waals surface area contributed by atoms with E-state index in [1.54, 1.807) is 13.8 Å². The zero-order chi connectivity index (χ0) is 18.0. The predicted octanol–water partition coefficient (Wildman–Crippen LogP) is 1.20. The van der Waals surface area contributed by atoms with Gasteiger partial charge in [-0.05, 0) is 38.5 Å². The molecule has 0 saturated carbocycles. The monoisotopic (exact) mass is 354 g/mol. The van der Waals surface area contributed by atoms with Gasteiger partial charge in [-0.3, -0.25) is 0 Å². The van der Waals surface area contributed by atoms with Gasteiger partial charge in [0.25, 0.3) is 0 Å². The Morgan fingerprint density at radius 3 is 2.56 bits per heavy atom. The molecule has 0 aromatic heterocycles. The van der Waals surface area contributed by atoms with Crippen molar-refractivity contribution in [1.29, 1.82) is 0 Å². The number of aliphatic hydroxyl groups is 2. The number of benzene rings is 1. The molecule has 2 saturated heterocycles. The molecule has 5 atom stereocenters. The highest BCUT2D eigenvalue weighted by Gasteiger charge is 2.56. The second-order valence-corrected chi connectivity index (χ2v) is 6.67. The van der Waals surface area contributed by atoms with E-state index in [1.165, 1.54) is 0 Å². The highest BCUT2D eigenvalue weighted by atomic mass is 16.8. The molecule has 0 spiro atoms. The summed E-state index contributed by atoms with van der Waals surface area (Å²) in [5.74, 6) is 0.0314. The van der Waals surface area contributed by atoms with Gasteiger partial charge in [-0.25, -0.2) is 0 Å². The molecule has 1 aromatic rings. The molecule has 0 aliphatic carbocycles. The summed E-state index contributed by atoms with van der Waals surface area (Å²) >= 11 is 0. The van der Waals surface area contributed by atoms with Crippen LogP contribution in [0.3, 0.4) is 0 Å². The second kappa shape index (κ2) is 7.57. The fraction of sp³-hybridized carbons (Fsp3) is 0.667. The summed E-state index contributed by atoms with van der Waals surface area (Å²) in [6, 6.07) is 7.61. The minimum absolute atomic E-state index is 0.322. The highest BCUT2D eigenvalue weighted by Crippen LogP contribution is 2.39. The van der Waals surface area contributed by atoms with E-state index < -0.39 is 43.1 Å². The smallest absolute Gasteiger partial charge is 0.190 e. The molecular formula is C18H26O7. The van der Waals surface area contributed by atoms with Crippen molar-refractivity contribution in [2.45, 2.75) is 63.9 Å². The third-order valence-electron chi connectivity index (χ3n) is 4.27. The van der Waals surface area contributed by atoms with E-state index in [1.807, 2.05) is 31.2 Å². The lowest BCUT2D eigenvalue weighted by Gasteiger charge is -2.28. The molecule has 0 radical (unpaired) electrons. The molecule has 0 bridgehead atoms. The molecule has 2 N–H and O–H groups in total. The van der Waals surface area contributed by atoms with Gasteiger partial charge in [0.2, 0.25) is 0 Å². The van der Waals surface area contributed by atoms with Crippen molar-refractivity contribution in [2.75, 3.05) is 13.2 Å². The number of hydrogen-bond acceptors (Lipinski definition) is 7. The molecule has 2 heterocycles. The topological polar surface area (TPSA) is 86.6 Å². The summed E-state index contributed by atoms with van der Waals surface area (Å²) in [5.41, 5.74) is 0.960. The van der Waals surface area contributed by atoms with Crippen LogP contribution in [0.25, 0.3) is 0 Å². The van der Waals surface area contributed by atoms with Gasteiger partial charge in [0.15, 0.2) is 12.1 Å². The van der Waals surface area contributed by atoms with Gasteiger partial charge in [0.1, 0.15) is 30.2 Å². The first-order valence-corrected chi connectivity index (χ1v) is 8.57. The molecule has 140 valence electrons. The van der Waals surface area contributed by atoms with E-state index >= 15 is 0 Å². The minimum Gasteiger partial charge on any atom is -0.494 e. The maximum atomic E-state index is 10.0. The van der Waals surface area contributed by atoms with Crippen LogP contribution in [0.4, 0.5) is 0 Å². The summed E-state index contributed by atoms with van der Waals surface area (Å²) in [4.78, 5) is 0. The second-order valence-electron chi connectivity index (χ2n) is 6.67. The molecule has 7 heteroatoms. The van der Waals surface area contributed by atoms with E-state index in [9.17, 15) is 10.2 Å². The lowest BCUT2D eigenvalue weighted by molar-refractivity contribution is -0.232. The van der Waals surface area contributed by atoms with Gasteiger partial charge in [-0.1, -0.05) is 12.1 Å². The Hall–Kier alpha value is -1.22. The standard InChI is InChI=1S/C18H26O7/c1-4-21-12-7-5-11(6-8-12)10-22-15-14(13(20)9-19)23-17-16(15)24-18(2,3)25-17/h5-8,13-17,19-20H,4,9-10H2,1-3H3/t13-,14+,15-,16-,17+/m1/s1. The largest absolute Gasteiger partial charge is 0.494 e. The summed E-state index contributed by atoms with van der Waals surface area (Å²) in [7, 11) is 0. The first-order chi connectivity index (χ1) is 11.9. The minimum atomic E-state index is -1.06. The molecular weight excluding hydrogens is 328 g/mol. The quantitative estimate of drug-likeness (QED) is 0.761. The van der Waals surface area contributed by atoms with Crippen molar-refractivity contribution in [2.24, 2.45) is 0 Å². The van der Waals surface area contributed by atoms with Crippen LogP contribution in [0.2, 0.25) is 0 Å². The average Bonchev–Trinajstić information content (AvgIpc) is 3.05. The molecule has 2 fully saturated rings. The van der Waals surface area contributed by atoms with Crippen LogP contribution in [-0.2, 0) is 25.6 Å². The molecule has 2 aliphatic heterocycles. The fourth-order valence-corrected chi connectivity index (χ4v) is 3.15. The Morgan fingerprint density at radius 1 is 1.20 bits per heavy atom. The number of hydrogen-bond donors (Lipinski definition) is 2. The maximum Gasteiger partial charge on any atom is 0.190 e. The zero-order valence-corrected chi connectivity index (χ0v) is 14.8. The van der Waals surface area contributed by atoms with Gasteiger partial charge in [-0.15, -0.1) is 0 Å². The summed E-state index contributed by atoms with van der Waals surface area (Å²) in [5, 5.41) is 19.3. The average molecular weight is 354 g/mol. The summed E-state index contributed by atoms with van der Waals surface area (Å²) < 4.78 is 28.7. The lowest BCUT2D eigenvalue weighted by Crippen LogP contribution is -2.44. The zero-order valence-electron chi connectivity index (χ0n) is 14.8. The normalized spacial score (nSPS) is 31.7. The fourth-order valence-electron chi connectivity index (χ4n) is 3.15. The van der Waals surface area contributed by atoms with E-state index in [-0.39, 0.29) is 0 Å². The Labute approximate surface area is 147 Å². The van der Waals surface area contributed by atoms with Gasteiger partial charge in [-0.2, -0.15) is 0 Å². The van der Waals surface area contributed by atoms with Crippen molar-refractivity contribution in [1.82, 2.24) is 0 Å². The Bertz CT molecular complexity index is 559. The van der Waals surface area contributed by atoms with Crippen LogP contribution in [-0.4, -0.2) is 59.9 Å². The highest BCUT2D eigenvalue weighted by molar-refractivity contribution is 5.26. The van der Waals surface area contributed by atoms with Crippen molar-refractivity contribution in [3.63, 3.8) is 0 Å². The first-order valence-electron chi connectivity index (χ1n) is 8.57. The van der Waals surface area contributed by atoms with Crippen LogP contribution in [0.15, 0.2) is 24.3 Å². The third kappa shape index (κ3) is 4.13. The van der Waals surface area contributed by atoms with Gasteiger partial charge in [0.05, 0.1) is 19.8 Å². The lowest BCUT2D eigenvalue weighted by atomic mass is 10.1. The van der Waals surface area contributed by atoms with Crippen LogP contribution in [0.5, 0.6) is 5.75 Å². The summed E-state index contributed by atoms with van der Waals surface area (Å²) in [6.07, 6.45) is -3.39. The Kier molecular flexibility index (Phi) is 5.62. The van der Waals surface area contributed by atoms with E-state index in [0.717, 1.165) is 11.3 Å². The first kappa shape index (κ1) is 18.6. The van der Waals surface area contributed by atoms with E-state index in [0.29, 0.717) is 13.2 Å². The van der Waals surface area contributed by atoms with E-state index in [4.69, 9.17) is 23.7 Å². The Morgan fingerprint density at radius 2 is 1.92 bits per heavy atom. The summed E-state index contributed by atoms with van der Waals surface area (Å²) in [6.45, 7) is 6.06. The third-order valence-corrected chi connectivity index (χ3v) is 4.27.